The van der Waals surface area contributed by atoms with E-state index < -0.39 is 11.2 Å². The molecule has 1 aromatic rings. The average Bonchev–Trinajstić information content (AvgIpc) is 3.69. The van der Waals surface area contributed by atoms with Crippen LogP contribution in [0.2, 0.25) is 0 Å². The predicted molar refractivity (Wildman–Crippen MR) is 147 cm³/mol. The SMILES string of the molecule is C=N/C(=C(\N=C(/C)C1=CCC([S+]([O-])C(C)C)C=C1)C(/O)=C/C(=N)c1ccc(CNC)cc1)[C@H]1CN1. The van der Waals surface area contributed by atoms with Crippen molar-refractivity contribution in [2.24, 2.45) is 9.98 Å². The van der Waals surface area contributed by atoms with Crippen molar-refractivity contribution in [3.8, 4) is 0 Å². The van der Waals surface area contributed by atoms with E-state index in [2.05, 4.69) is 22.3 Å². The summed E-state index contributed by atoms with van der Waals surface area (Å²) in [6.07, 6.45) is 8.03. The van der Waals surface area contributed by atoms with Gasteiger partial charge in [0, 0.05) is 31.3 Å². The van der Waals surface area contributed by atoms with E-state index >= 15 is 0 Å². The Hall–Kier alpha value is -2.78. The highest BCUT2D eigenvalue weighted by Crippen LogP contribution is 2.26. The molecule has 186 valence electrons. The first-order chi connectivity index (χ1) is 16.7. The number of rotatable bonds is 11. The van der Waals surface area contributed by atoms with Crippen LogP contribution >= 0.6 is 0 Å². The molecule has 1 fully saturated rings. The van der Waals surface area contributed by atoms with Crippen LogP contribution in [0.25, 0.3) is 0 Å². The Morgan fingerprint density at radius 2 is 2.06 bits per heavy atom. The van der Waals surface area contributed by atoms with E-state index in [1.807, 2.05) is 70.3 Å². The molecule has 0 saturated carbocycles. The highest BCUT2D eigenvalue weighted by Gasteiger charge is 2.29. The van der Waals surface area contributed by atoms with Crippen molar-refractivity contribution < 1.29 is 9.66 Å². The highest BCUT2D eigenvalue weighted by molar-refractivity contribution is 7.92. The van der Waals surface area contributed by atoms with Gasteiger partial charge in [0.2, 0.25) is 0 Å². The van der Waals surface area contributed by atoms with E-state index in [0.717, 1.165) is 24.2 Å². The molecular weight excluding hydrogens is 458 g/mol. The number of nitrogens with zero attached hydrogens (tertiary/aromatic N) is 2. The summed E-state index contributed by atoms with van der Waals surface area (Å²) in [5.74, 6) is -0.135. The molecule has 0 bridgehead atoms. The van der Waals surface area contributed by atoms with Crippen LogP contribution in [0, 0.1) is 5.41 Å². The summed E-state index contributed by atoms with van der Waals surface area (Å²) >= 11 is -0.927. The van der Waals surface area contributed by atoms with Gasteiger partial charge in [-0.1, -0.05) is 36.4 Å². The first-order valence-corrected chi connectivity index (χ1v) is 13.0. The third-order valence-corrected chi connectivity index (χ3v) is 7.72. The topological polar surface area (TPSA) is 126 Å². The molecule has 3 rings (SSSR count). The molecule has 3 atom stereocenters. The van der Waals surface area contributed by atoms with Gasteiger partial charge in [0.25, 0.3) is 0 Å². The summed E-state index contributed by atoms with van der Waals surface area (Å²) in [4.78, 5) is 8.87. The summed E-state index contributed by atoms with van der Waals surface area (Å²) in [5, 5.41) is 25.9. The largest absolute Gasteiger partial charge is 0.616 e. The summed E-state index contributed by atoms with van der Waals surface area (Å²) in [5.41, 5.74) is 4.44. The fraction of sp³-hybridized carbons (Fsp3) is 0.370. The van der Waals surface area contributed by atoms with Gasteiger partial charge in [-0.05, 0) is 68.5 Å². The standard InChI is InChI=1S/C27H35N5O2S/c1-17(2)35(34)22-12-10-20(11-13-22)18(3)32-27(26(30-5)24-16-31-24)25(33)14-23(28)21-8-6-19(7-9-21)15-29-4/h6-12,14,17,22,24,28-29,31,33H,5,13,15-16H2,1-4H3/b25-14-,27-26-,28-23?,32-18+/t22?,24-,35?/m1/s1. The lowest BCUT2D eigenvalue weighted by Gasteiger charge is -2.23. The minimum absolute atomic E-state index is 0.00380. The number of aliphatic hydroxyl groups excluding tert-OH is 1. The van der Waals surface area contributed by atoms with E-state index in [4.69, 9.17) is 10.4 Å². The molecule has 2 unspecified atom stereocenters. The van der Waals surface area contributed by atoms with Crippen LogP contribution in [0.3, 0.4) is 0 Å². The van der Waals surface area contributed by atoms with Crippen LogP contribution in [0.15, 0.2) is 81.3 Å². The molecule has 1 aliphatic carbocycles. The van der Waals surface area contributed by atoms with Crippen LogP contribution in [0.1, 0.15) is 38.3 Å². The van der Waals surface area contributed by atoms with Crippen molar-refractivity contribution in [1.29, 1.82) is 5.41 Å². The van der Waals surface area contributed by atoms with Crippen molar-refractivity contribution in [2.45, 2.75) is 50.3 Å². The molecular formula is C27H35N5O2S. The Balaban J connectivity index is 1.87. The zero-order valence-corrected chi connectivity index (χ0v) is 21.7. The monoisotopic (exact) mass is 493 g/mol. The summed E-state index contributed by atoms with van der Waals surface area (Å²) in [6.45, 7) is 11.0. The van der Waals surface area contributed by atoms with Gasteiger partial charge in [0.1, 0.15) is 22.0 Å². The lowest BCUT2D eigenvalue weighted by atomic mass is 10.0. The first-order valence-electron chi connectivity index (χ1n) is 11.8. The zero-order chi connectivity index (χ0) is 25.5. The maximum Gasteiger partial charge on any atom is 0.145 e. The van der Waals surface area contributed by atoms with Gasteiger partial charge in [-0.3, -0.25) is 4.99 Å². The lowest BCUT2D eigenvalue weighted by molar-refractivity contribution is 0.421. The van der Waals surface area contributed by atoms with Crippen molar-refractivity contribution in [3.63, 3.8) is 0 Å². The quantitative estimate of drug-likeness (QED) is 0.122. The number of nitrogens with one attached hydrogen (secondary N) is 3. The second-order valence-corrected chi connectivity index (χ2v) is 11.1. The van der Waals surface area contributed by atoms with E-state index in [1.54, 1.807) is 0 Å². The van der Waals surface area contributed by atoms with Crippen LogP contribution in [-0.4, -0.2) is 57.9 Å². The summed E-state index contributed by atoms with van der Waals surface area (Å²) in [6, 6.07) is 7.60. The van der Waals surface area contributed by atoms with Gasteiger partial charge >= 0.3 is 0 Å². The molecule has 0 radical (unpaired) electrons. The van der Waals surface area contributed by atoms with Gasteiger partial charge in [-0.2, -0.15) is 0 Å². The smallest absolute Gasteiger partial charge is 0.145 e. The van der Waals surface area contributed by atoms with Crippen molar-refractivity contribution in [3.05, 3.63) is 82.4 Å². The van der Waals surface area contributed by atoms with Crippen molar-refractivity contribution >= 4 is 29.3 Å². The van der Waals surface area contributed by atoms with Crippen LogP contribution in [0.4, 0.5) is 0 Å². The van der Waals surface area contributed by atoms with E-state index in [9.17, 15) is 9.66 Å². The second kappa shape index (κ2) is 12.3. The fourth-order valence-corrected chi connectivity index (χ4v) is 4.98. The number of benzene rings is 1. The first kappa shape index (κ1) is 26.8. The lowest BCUT2D eigenvalue weighted by Crippen LogP contribution is -2.28. The number of allylic oxidation sites excluding steroid dienone is 4. The van der Waals surface area contributed by atoms with Gasteiger partial charge in [-0.15, -0.1) is 0 Å². The zero-order valence-electron chi connectivity index (χ0n) is 20.8. The molecule has 2 aliphatic rings. The molecule has 1 heterocycles. The second-order valence-electron chi connectivity index (χ2n) is 8.89. The third kappa shape index (κ3) is 7.11. The molecule has 0 amide bonds. The molecule has 1 saturated heterocycles. The highest BCUT2D eigenvalue weighted by atomic mass is 32.2. The van der Waals surface area contributed by atoms with Gasteiger partial charge < -0.3 is 25.7 Å². The fourth-order valence-electron chi connectivity index (χ4n) is 3.77. The number of hydrogen-bond donors (Lipinski definition) is 4. The number of hydrogen-bond acceptors (Lipinski definition) is 7. The Labute approximate surface area is 211 Å². The number of aliphatic imine (C=N–C) groups is 2. The maximum absolute atomic E-state index is 12.4. The minimum atomic E-state index is -0.927. The maximum atomic E-state index is 12.4. The van der Waals surface area contributed by atoms with E-state index in [-0.39, 0.29) is 28.0 Å². The molecule has 1 aliphatic heterocycles. The molecule has 8 heteroatoms. The molecule has 1 aromatic carbocycles. The van der Waals surface area contributed by atoms with Crippen molar-refractivity contribution in [2.75, 3.05) is 13.6 Å². The normalized spacial score (nSPS) is 21.9. The predicted octanol–water partition coefficient (Wildman–Crippen LogP) is 3.97. The van der Waals surface area contributed by atoms with E-state index in [1.165, 1.54) is 6.08 Å². The van der Waals surface area contributed by atoms with E-state index in [0.29, 0.717) is 29.1 Å². The minimum Gasteiger partial charge on any atom is -0.616 e. The van der Waals surface area contributed by atoms with Gasteiger partial charge in [0.15, 0.2) is 0 Å². The van der Waals surface area contributed by atoms with Crippen molar-refractivity contribution in [1.82, 2.24) is 10.6 Å². The van der Waals surface area contributed by atoms with Gasteiger partial charge in [-0.25, -0.2) is 4.99 Å². The molecule has 0 spiro atoms. The summed E-state index contributed by atoms with van der Waals surface area (Å²) in [7, 11) is 1.89. The third-order valence-electron chi connectivity index (χ3n) is 5.84. The van der Waals surface area contributed by atoms with Gasteiger partial charge in [0.05, 0.1) is 17.5 Å². The molecule has 35 heavy (non-hydrogen) atoms. The number of aliphatic hydroxyl groups is 1. The Morgan fingerprint density at radius 3 is 2.57 bits per heavy atom. The molecule has 0 aromatic heterocycles. The average molecular weight is 494 g/mol. The summed E-state index contributed by atoms with van der Waals surface area (Å²) < 4.78 is 12.4. The van der Waals surface area contributed by atoms with Crippen LogP contribution in [0.5, 0.6) is 0 Å². The van der Waals surface area contributed by atoms with Crippen LogP contribution in [-0.2, 0) is 17.7 Å². The Kier molecular flexibility index (Phi) is 9.40. The molecule has 7 nitrogen and oxygen atoms in total. The Bertz CT molecular complexity index is 1100. The van der Waals surface area contributed by atoms with Crippen LogP contribution < -0.4 is 10.6 Å². The molecule has 4 N–H and O–H groups in total. The Morgan fingerprint density at radius 1 is 1.37 bits per heavy atom.